The van der Waals surface area contributed by atoms with Gasteiger partial charge in [0.2, 0.25) is 0 Å². The van der Waals surface area contributed by atoms with E-state index in [2.05, 4.69) is 0 Å². The van der Waals surface area contributed by atoms with E-state index in [1.165, 1.54) is 12.1 Å². The van der Waals surface area contributed by atoms with Gasteiger partial charge in [0.05, 0.1) is 11.5 Å². The monoisotopic (exact) mass is 340 g/mol. The summed E-state index contributed by atoms with van der Waals surface area (Å²) in [5.74, 6) is -1.09. The number of rotatable bonds is 5. The Kier molecular flexibility index (Phi) is 4.79. The van der Waals surface area contributed by atoms with Crippen molar-refractivity contribution in [3.05, 3.63) is 23.8 Å². The Morgan fingerprint density at radius 1 is 1.39 bits per heavy atom. The fourth-order valence-corrected chi connectivity index (χ4v) is 3.49. The molecule has 0 aliphatic carbocycles. The van der Waals surface area contributed by atoms with Crippen molar-refractivity contribution in [1.29, 1.82) is 0 Å². The van der Waals surface area contributed by atoms with Crippen LogP contribution in [0.15, 0.2) is 23.1 Å². The van der Waals surface area contributed by atoms with Gasteiger partial charge in [-0.15, -0.1) is 0 Å². The highest BCUT2D eigenvalue weighted by molar-refractivity contribution is 7.92. The van der Waals surface area contributed by atoms with Gasteiger partial charge in [-0.05, 0) is 39.0 Å². The Morgan fingerprint density at radius 3 is 2.70 bits per heavy atom. The standard InChI is InChI=1S/C16H20O6S/c1-16(2,3)22-15(18)10-23(19,20)12-4-5-14-13(8-12)11(6-7-17)9-21-14/h4-5,7-8,11H,6,9-10H2,1-3H3. The van der Waals surface area contributed by atoms with Crippen LogP contribution in [0.2, 0.25) is 0 Å². The number of carbonyl (C=O) groups excluding carboxylic acids is 2. The molecular weight excluding hydrogens is 320 g/mol. The van der Waals surface area contributed by atoms with Gasteiger partial charge in [-0.1, -0.05) is 0 Å². The predicted octanol–water partition coefficient (Wildman–Crippen LogP) is 1.87. The smallest absolute Gasteiger partial charge is 0.322 e. The summed E-state index contributed by atoms with van der Waals surface area (Å²) >= 11 is 0. The van der Waals surface area contributed by atoms with Crippen LogP contribution in [0, 0.1) is 0 Å². The van der Waals surface area contributed by atoms with Crippen LogP contribution in [0.5, 0.6) is 5.75 Å². The van der Waals surface area contributed by atoms with Crippen LogP contribution < -0.4 is 4.74 Å². The lowest BCUT2D eigenvalue weighted by Gasteiger charge is -2.19. The molecule has 0 saturated carbocycles. The third-order valence-electron chi connectivity index (χ3n) is 3.33. The highest BCUT2D eigenvalue weighted by Gasteiger charge is 2.29. The molecule has 1 atom stereocenters. The second-order valence-corrected chi connectivity index (χ2v) is 8.45. The maximum absolute atomic E-state index is 12.4. The van der Waals surface area contributed by atoms with Gasteiger partial charge in [0.15, 0.2) is 15.6 Å². The number of fused-ring (bicyclic) bond motifs is 1. The van der Waals surface area contributed by atoms with Gasteiger partial charge in [0.1, 0.15) is 17.6 Å². The highest BCUT2D eigenvalue weighted by atomic mass is 32.2. The number of esters is 1. The molecule has 1 aliphatic heterocycles. The number of aldehydes is 1. The van der Waals surface area contributed by atoms with E-state index in [-0.39, 0.29) is 17.2 Å². The molecule has 1 aromatic rings. The Bertz CT molecular complexity index is 715. The van der Waals surface area contributed by atoms with Gasteiger partial charge >= 0.3 is 5.97 Å². The summed E-state index contributed by atoms with van der Waals surface area (Å²) in [5.41, 5.74) is -0.0599. The number of carbonyl (C=O) groups is 2. The Balaban J connectivity index is 2.23. The second-order valence-electron chi connectivity index (χ2n) is 6.46. The molecule has 1 aromatic carbocycles. The molecule has 0 amide bonds. The van der Waals surface area contributed by atoms with E-state index in [1.54, 1.807) is 26.8 Å². The van der Waals surface area contributed by atoms with Gasteiger partial charge in [-0.2, -0.15) is 0 Å². The molecule has 2 rings (SSSR count). The molecule has 6 nitrogen and oxygen atoms in total. The molecule has 0 spiro atoms. The van der Waals surface area contributed by atoms with Crippen molar-refractivity contribution in [2.75, 3.05) is 12.4 Å². The summed E-state index contributed by atoms with van der Waals surface area (Å²) in [4.78, 5) is 22.5. The van der Waals surface area contributed by atoms with Crippen LogP contribution in [0.4, 0.5) is 0 Å². The number of benzene rings is 1. The first kappa shape index (κ1) is 17.5. The molecule has 1 heterocycles. The van der Waals surface area contributed by atoms with Crippen molar-refractivity contribution < 1.29 is 27.5 Å². The zero-order valence-electron chi connectivity index (χ0n) is 13.4. The van der Waals surface area contributed by atoms with Crippen molar-refractivity contribution in [2.24, 2.45) is 0 Å². The Labute approximate surface area is 135 Å². The molecule has 0 bridgehead atoms. The van der Waals surface area contributed by atoms with Gasteiger partial charge < -0.3 is 14.3 Å². The quantitative estimate of drug-likeness (QED) is 0.601. The Morgan fingerprint density at radius 2 is 2.09 bits per heavy atom. The van der Waals surface area contributed by atoms with Gasteiger partial charge in [0.25, 0.3) is 0 Å². The lowest BCUT2D eigenvalue weighted by molar-refractivity contribution is -0.151. The second kappa shape index (κ2) is 6.31. The zero-order chi connectivity index (χ0) is 17.3. The molecule has 0 fully saturated rings. The Hall–Kier alpha value is -1.89. The van der Waals surface area contributed by atoms with Crippen molar-refractivity contribution in [2.45, 2.75) is 43.6 Å². The highest BCUT2D eigenvalue weighted by Crippen LogP contribution is 2.37. The molecule has 0 saturated heterocycles. The summed E-state index contributed by atoms with van der Waals surface area (Å²) in [6, 6.07) is 4.44. The minimum atomic E-state index is -3.81. The zero-order valence-corrected chi connectivity index (χ0v) is 14.2. The largest absolute Gasteiger partial charge is 0.493 e. The summed E-state index contributed by atoms with van der Waals surface area (Å²) < 4.78 is 35.3. The van der Waals surface area contributed by atoms with Gasteiger partial charge in [0, 0.05) is 17.9 Å². The van der Waals surface area contributed by atoms with E-state index in [9.17, 15) is 18.0 Å². The number of ether oxygens (including phenoxy) is 2. The fraction of sp³-hybridized carbons (Fsp3) is 0.500. The van der Waals surface area contributed by atoms with E-state index in [1.807, 2.05) is 0 Å². The van der Waals surface area contributed by atoms with E-state index >= 15 is 0 Å². The summed E-state index contributed by atoms with van der Waals surface area (Å²) in [7, 11) is -3.81. The van der Waals surface area contributed by atoms with Crippen LogP contribution in [-0.2, 0) is 24.2 Å². The van der Waals surface area contributed by atoms with Crippen LogP contribution in [0.3, 0.4) is 0 Å². The van der Waals surface area contributed by atoms with Crippen molar-refractivity contribution in [3.63, 3.8) is 0 Å². The molecule has 0 aromatic heterocycles. The lowest BCUT2D eigenvalue weighted by atomic mass is 9.99. The fourth-order valence-electron chi connectivity index (χ4n) is 2.37. The first-order valence-corrected chi connectivity index (χ1v) is 8.92. The molecule has 1 aliphatic rings. The van der Waals surface area contributed by atoms with Crippen LogP contribution in [-0.4, -0.2) is 38.6 Å². The van der Waals surface area contributed by atoms with Crippen molar-refractivity contribution in [3.8, 4) is 5.75 Å². The molecule has 0 N–H and O–H groups in total. The van der Waals surface area contributed by atoms with Crippen molar-refractivity contribution >= 4 is 22.1 Å². The minimum Gasteiger partial charge on any atom is -0.493 e. The summed E-state index contributed by atoms with van der Waals surface area (Å²) in [6.07, 6.45) is 1.05. The summed E-state index contributed by atoms with van der Waals surface area (Å²) in [5, 5.41) is 0. The topological polar surface area (TPSA) is 86.7 Å². The summed E-state index contributed by atoms with van der Waals surface area (Å²) in [6.45, 7) is 5.38. The van der Waals surface area contributed by atoms with Crippen molar-refractivity contribution in [1.82, 2.24) is 0 Å². The third-order valence-corrected chi connectivity index (χ3v) is 4.92. The van der Waals surface area contributed by atoms with E-state index < -0.39 is 27.2 Å². The van der Waals surface area contributed by atoms with Crippen LogP contribution >= 0.6 is 0 Å². The number of hydrogen-bond acceptors (Lipinski definition) is 6. The van der Waals surface area contributed by atoms with Gasteiger partial charge in [-0.25, -0.2) is 8.42 Å². The van der Waals surface area contributed by atoms with E-state index in [4.69, 9.17) is 9.47 Å². The van der Waals surface area contributed by atoms with Gasteiger partial charge in [-0.3, -0.25) is 4.79 Å². The predicted molar refractivity (Wildman–Crippen MR) is 83.3 cm³/mol. The average Bonchev–Trinajstić information content (AvgIpc) is 2.79. The van der Waals surface area contributed by atoms with E-state index in [0.717, 1.165) is 6.29 Å². The molecule has 23 heavy (non-hydrogen) atoms. The molecule has 0 radical (unpaired) electrons. The maximum atomic E-state index is 12.4. The molecule has 1 unspecified atom stereocenters. The van der Waals surface area contributed by atoms with Crippen LogP contribution in [0.1, 0.15) is 38.7 Å². The molecule has 126 valence electrons. The normalized spacial score (nSPS) is 17.3. The lowest BCUT2D eigenvalue weighted by Crippen LogP contribution is -2.28. The minimum absolute atomic E-state index is 0.0310. The van der Waals surface area contributed by atoms with Crippen LogP contribution in [0.25, 0.3) is 0 Å². The maximum Gasteiger partial charge on any atom is 0.322 e. The van der Waals surface area contributed by atoms with E-state index in [0.29, 0.717) is 17.9 Å². The third kappa shape index (κ3) is 4.31. The first-order valence-electron chi connectivity index (χ1n) is 7.27. The number of hydrogen-bond donors (Lipinski definition) is 0. The molecule has 7 heteroatoms. The first-order chi connectivity index (χ1) is 10.6. The number of sulfone groups is 1. The average molecular weight is 340 g/mol. The SMILES string of the molecule is CC(C)(C)OC(=O)CS(=O)(=O)c1ccc2c(c1)C(CC=O)CO2. The molecular formula is C16H20O6S.